The number of aromatic nitrogens is 1. The molecule has 2 rings (SSSR count). The summed E-state index contributed by atoms with van der Waals surface area (Å²) in [4.78, 5) is 5.32. The Hall–Kier alpha value is -2.01. The van der Waals surface area contributed by atoms with Crippen LogP contribution in [0.5, 0.6) is 0 Å². The topological polar surface area (TPSA) is 42.1 Å². The molecule has 0 unspecified atom stereocenters. The van der Waals surface area contributed by atoms with E-state index in [2.05, 4.69) is 4.98 Å². The van der Waals surface area contributed by atoms with E-state index in [1.807, 2.05) is 24.3 Å². The SMILES string of the molecule is CN(c1ccccc1CN)c1ncc(F)cc1F. The van der Waals surface area contributed by atoms with E-state index in [1.54, 1.807) is 11.9 Å². The number of benzene rings is 1. The van der Waals surface area contributed by atoms with E-state index in [0.29, 0.717) is 6.54 Å². The predicted molar refractivity (Wildman–Crippen MR) is 66.5 cm³/mol. The smallest absolute Gasteiger partial charge is 0.169 e. The molecule has 1 aromatic carbocycles. The van der Waals surface area contributed by atoms with Gasteiger partial charge in [0, 0.05) is 25.3 Å². The molecule has 2 aromatic rings. The molecule has 5 heteroatoms. The highest BCUT2D eigenvalue weighted by atomic mass is 19.1. The van der Waals surface area contributed by atoms with Gasteiger partial charge in [0.05, 0.1) is 6.20 Å². The molecule has 0 aliphatic rings. The number of anilines is 2. The minimum absolute atomic E-state index is 0.0669. The summed E-state index contributed by atoms with van der Waals surface area (Å²) in [7, 11) is 1.66. The van der Waals surface area contributed by atoms with Crippen molar-refractivity contribution in [1.29, 1.82) is 0 Å². The standard InChI is InChI=1S/C13H13F2N3/c1-18(12-5-3-2-4-9(12)7-16)13-11(15)6-10(14)8-17-13/h2-6,8H,7,16H2,1H3. The van der Waals surface area contributed by atoms with Gasteiger partial charge in [-0.25, -0.2) is 13.8 Å². The number of pyridine rings is 1. The van der Waals surface area contributed by atoms with Crippen LogP contribution >= 0.6 is 0 Å². The van der Waals surface area contributed by atoms with Gasteiger partial charge in [0.1, 0.15) is 5.82 Å². The number of nitrogens with zero attached hydrogens (tertiary/aromatic N) is 2. The summed E-state index contributed by atoms with van der Waals surface area (Å²) < 4.78 is 26.5. The van der Waals surface area contributed by atoms with Gasteiger partial charge in [-0.15, -0.1) is 0 Å². The third-order valence-corrected chi connectivity index (χ3v) is 2.68. The molecule has 1 heterocycles. The Kier molecular flexibility index (Phi) is 3.53. The fraction of sp³-hybridized carbons (Fsp3) is 0.154. The molecular formula is C13H13F2N3. The zero-order chi connectivity index (χ0) is 13.1. The largest absolute Gasteiger partial charge is 0.327 e. The first-order valence-electron chi connectivity index (χ1n) is 5.46. The van der Waals surface area contributed by atoms with E-state index in [0.717, 1.165) is 23.5 Å². The zero-order valence-corrected chi connectivity index (χ0v) is 9.90. The minimum atomic E-state index is -0.704. The van der Waals surface area contributed by atoms with Gasteiger partial charge in [-0.05, 0) is 11.6 Å². The Morgan fingerprint density at radius 2 is 2.00 bits per heavy atom. The lowest BCUT2D eigenvalue weighted by Gasteiger charge is -2.21. The lowest BCUT2D eigenvalue weighted by Crippen LogP contribution is -2.16. The molecule has 18 heavy (non-hydrogen) atoms. The predicted octanol–water partition coefficient (Wildman–Crippen LogP) is 2.59. The second-order valence-electron chi connectivity index (χ2n) is 3.85. The van der Waals surface area contributed by atoms with Crippen LogP contribution in [0.25, 0.3) is 0 Å². The van der Waals surface area contributed by atoms with Crippen molar-refractivity contribution in [3.05, 3.63) is 53.7 Å². The molecule has 0 fully saturated rings. The molecule has 94 valence electrons. The first-order chi connectivity index (χ1) is 8.63. The fourth-order valence-electron chi connectivity index (χ4n) is 1.78. The van der Waals surface area contributed by atoms with Crippen molar-refractivity contribution in [1.82, 2.24) is 4.98 Å². The first kappa shape index (κ1) is 12.4. The lowest BCUT2D eigenvalue weighted by atomic mass is 10.1. The minimum Gasteiger partial charge on any atom is -0.327 e. The van der Waals surface area contributed by atoms with Crippen LogP contribution in [0.15, 0.2) is 36.5 Å². The number of halogens is 2. The van der Waals surface area contributed by atoms with E-state index in [4.69, 9.17) is 5.73 Å². The highest BCUT2D eigenvalue weighted by Crippen LogP contribution is 2.27. The van der Waals surface area contributed by atoms with Gasteiger partial charge >= 0.3 is 0 Å². The van der Waals surface area contributed by atoms with Crippen molar-refractivity contribution < 1.29 is 8.78 Å². The monoisotopic (exact) mass is 249 g/mol. The van der Waals surface area contributed by atoms with Crippen LogP contribution in [0.4, 0.5) is 20.3 Å². The number of hydrogen-bond acceptors (Lipinski definition) is 3. The Bertz CT molecular complexity index is 558. The second kappa shape index (κ2) is 5.10. The Morgan fingerprint density at radius 3 is 2.67 bits per heavy atom. The zero-order valence-electron chi connectivity index (χ0n) is 9.90. The van der Waals surface area contributed by atoms with Crippen LogP contribution < -0.4 is 10.6 Å². The summed E-state index contributed by atoms with van der Waals surface area (Å²) in [5.74, 6) is -1.33. The Balaban J connectivity index is 2.44. The van der Waals surface area contributed by atoms with E-state index in [-0.39, 0.29) is 5.82 Å². The molecule has 0 saturated carbocycles. The van der Waals surface area contributed by atoms with Crippen LogP contribution in [0.3, 0.4) is 0 Å². The third kappa shape index (κ3) is 2.31. The Morgan fingerprint density at radius 1 is 1.28 bits per heavy atom. The summed E-state index contributed by atoms with van der Waals surface area (Å²) in [6.45, 7) is 0.337. The Labute approximate surface area is 104 Å². The van der Waals surface area contributed by atoms with Crippen molar-refractivity contribution in [3.63, 3.8) is 0 Å². The number of para-hydroxylation sites is 1. The number of rotatable bonds is 3. The van der Waals surface area contributed by atoms with Crippen LogP contribution in [0, 0.1) is 11.6 Å². The molecule has 0 amide bonds. The van der Waals surface area contributed by atoms with Gasteiger partial charge in [0.2, 0.25) is 0 Å². The van der Waals surface area contributed by atoms with E-state index in [1.165, 1.54) is 0 Å². The third-order valence-electron chi connectivity index (χ3n) is 2.68. The van der Waals surface area contributed by atoms with Crippen LogP contribution in [-0.4, -0.2) is 12.0 Å². The fourth-order valence-corrected chi connectivity index (χ4v) is 1.78. The maximum atomic E-state index is 13.6. The molecule has 1 aromatic heterocycles. The number of nitrogens with two attached hydrogens (primary N) is 1. The van der Waals surface area contributed by atoms with Gasteiger partial charge in [-0.3, -0.25) is 0 Å². The van der Waals surface area contributed by atoms with Crippen molar-refractivity contribution in [2.45, 2.75) is 6.54 Å². The van der Waals surface area contributed by atoms with E-state index < -0.39 is 11.6 Å². The highest BCUT2D eigenvalue weighted by Gasteiger charge is 2.14. The van der Waals surface area contributed by atoms with Crippen molar-refractivity contribution in [2.75, 3.05) is 11.9 Å². The molecule has 0 spiro atoms. The molecule has 0 aliphatic heterocycles. The van der Waals surface area contributed by atoms with Crippen molar-refractivity contribution >= 4 is 11.5 Å². The molecule has 0 bridgehead atoms. The van der Waals surface area contributed by atoms with Gasteiger partial charge in [-0.2, -0.15) is 0 Å². The summed E-state index contributed by atoms with van der Waals surface area (Å²) >= 11 is 0. The number of hydrogen-bond donors (Lipinski definition) is 1. The van der Waals surface area contributed by atoms with Crippen molar-refractivity contribution in [3.8, 4) is 0 Å². The quantitative estimate of drug-likeness (QED) is 0.909. The molecular weight excluding hydrogens is 236 g/mol. The molecule has 0 atom stereocenters. The van der Waals surface area contributed by atoms with E-state index in [9.17, 15) is 8.78 Å². The van der Waals surface area contributed by atoms with Gasteiger partial charge in [0.15, 0.2) is 11.6 Å². The molecule has 0 aliphatic carbocycles. The molecule has 0 saturated heterocycles. The first-order valence-corrected chi connectivity index (χ1v) is 5.46. The summed E-state index contributed by atoms with van der Waals surface area (Å²) in [6, 6.07) is 8.16. The summed E-state index contributed by atoms with van der Waals surface area (Å²) in [6.07, 6.45) is 0.986. The van der Waals surface area contributed by atoms with Gasteiger partial charge in [-0.1, -0.05) is 18.2 Å². The maximum Gasteiger partial charge on any atom is 0.169 e. The van der Waals surface area contributed by atoms with Gasteiger partial charge in [0.25, 0.3) is 0 Å². The van der Waals surface area contributed by atoms with E-state index >= 15 is 0 Å². The molecule has 3 nitrogen and oxygen atoms in total. The summed E-state index contributed by atoms with van der Waals surface area (Å²) in [5.41, 5.74) is 7.24. The van der Waals surface area contributed by atoms with Crippen LogP contribution in [-0.2, 0) is 6.54 Å². The highest BCUT2D eigenvalue weighted by molar-refractivity contribution is 5.63. The maximum absolute atomic E-state index is 13.6. The average Bonchev–Trinajstić information content (AvgIpc) is 2.38. The van der Waals surface area contributed by atoms with Crippen molar-refractivity contribution in [2.24, 2.45) is 5.73 Å². The molecule has 2 N–H and O–H groups in total. The lowest BCUT2D eigenvalue weighted by molar-refractivity contribution is 0.573. The second-order valence-corrected chi connectivity index (χ2v) is 3.85. The average molecular weight is 249 g/mol. The molecule has 0 radical (unpaired) electrons. The van der Waals surface area contributed by atoms with Crippen LogP contribution in [0.1, 0.15) is 5.56 Å². The summed E-state index contributed by atoms with van der Waals surface area (Å²) in [5, 5.41) is 0. The van der Waals surface area contributed by atoms with Crippen LogP contribution in [0.2, 0.25) is 0 Å². The van der Waals surface area contributed by atoms with Gasteiger partial charge < -0.3 is 10.6 Å². The normalized spacial score (nSPS) is 10.4.